The van der Waals surface area contributed by atoms with Crippen molar-refractivity contribution in [2.24, 2.45) is 0 Å². The van der Waals surface area contributed by atoms with Crippen LogP contribution < -0.4 is 5.32 Å². The standard InChI is InChI=1S/C13H22N2O6/c1-12(2,3)21-11(19)14-13(4-7-16,10(17)18)15-5-8-20-9-6-15/h7H,4-6,8-9H2,1-3H3,(H,14,19)(H,17,18). The zero-order valence-electron chi connectivity index (χ0n) is 12.5. The molecule has 1 atom stereocenters. The molecule has 1 amide bonds. The Morgan fingerprint density at radius 1 is 1.33 bits per heavy atom. The molecular weight excluding hydrogens is 280 g/mol. The molecule has 1 aliphatic heterocycles. The van der Waals surface area contributed by atoms with Gasteiger partial charge in [-0.3, -0.25) is 10.2 Å². The van der Waals surface area contributed by atoms with Crippen molar-refractivity contribution in [2.45, 2.75) is 38.5 Å². The van der Waals surface area contributed by atoms with Crippen molar-refractivity contribution < 1.29 is 29.0 Å². The molecule has 8 heteroatoms. The summed E-state index contributed by atoms with van der Waals surface area (Å²) in [5.74, 6) is -1.30. The number of carbonyl (C=O) groups is 3. The zero-order chi connectivity index (χ0) is 16.1. The van der Waals surface area contributed by atoms with Crippen molar-refractivity contribution >= 4 is 18.3 Å². The quantitative estimate of drug-likeness (QED) is 0.699. The summed E-state index contributed by atoms with van der Waals surface area (Å²) < 4.78 is 10.3. The topological polar surface area (TPSA) is 105 Å². The van der Waals surface area contributed by atoms with Gasteiger partial charge in [0.25, 0.3) is 0 Å². The Morgan fingerprint density at radius 2 is 1.90 bits per heavy atom. The second kappa shape index (κ2) is 6.86. The number of hydrogen-bond acceptors (Lipinski definition) is 6. The number of hydrogen-bond donors (Lipinski definition) is 2. The highest BCUT2D eigenvalue weighted by atomic mass is 16.6. The number of rotatable bonds is 5. The smallest absolute Gasteiger partial charge is 0.409 e. The molecule has 0 aromatic rings. The fourth-order valence-corrected chi connectivity index (χ4v) is 2.07. The van der Waals surface area contributed by atoms with Crippen LogP contribution in [0.4, 0.5) is 4.79 Å². The number of carboxylic acids is 1. The third-order valence-electron chi connectivity index (χ3n) is 2.99. The summed E-state index contributed by atoms with van der Waals surface area (Å²) in [5.41, 5.74) is -2.58. The number of aldehydes is 1. The summed E-state index contributed by atoms with van der Waals surface area (Å²) in [6, 6.07) is 0. The number of morpholine rings is 1. The number of carbonyl (C=O) groups excluding carboxylic acids is 2. The summed E-state index contributed by atoms with van der Waals surface area (Å²) in [4.78, 5) is 36.1. The molecule has 0 aromatic heterocycles. The van der Waals surface area contributed by atoms with Gasteiger partial charge in [-0.25, -0.2) is 9.59 Å². The van der Waals surface area contributed by atoms with Crippen LogP contribution in [-0.2, 0) is 19.1 Å². The van der Waals surface area contributed by atoms with Crippen LogP contribution in [0.1, 0.15) is 27.2 Å². The van der Waals surface area contributed by atoms with Crippen molar-refractivity contribution in [1.29, 1.82) is 0 Å². The monoisotopic (exact) mass is 302 g/mol. The number of nitrogens with zero attached hydrogens (tertiary/aromatic N) is 1. The molecule has 1 aliphatic rings. The highest BCUT2D eigenvalue weighted by Crippen LogP contribution is 2.19. The largest absolute Gasteiger partial charge is 0.478 e. The first-order chi connectivity index (χ1) is 9.71. The molecule has 1 unspecified atom stereocenters. The van der Waals surface area contributed by atoms with Crippen LogP contribution >= 0.6 is 0 Å². The third kappa shape index (κ3) is 4.68. The van der Waals surface area contributed by atoms with Gasteiger partial charge in [-0.15, -0.1) is 0 Å². The predicted molar refractivity (Wildman–Crippen MR) is 72.8 cm³/mol. The number of aliphatic carboxylic acids is 1. The summed E-state index contributed by atoms with van der Waals surface area (Å²) in [6.07, 6.45) is -0.777. The van der Waals surface area contributed by atoms with Crippen LogP contribution in [0.5, 0.6) is 0 Å². The van der Waals surface area contributed by atoms with E-state index in [1.54, 1.807) is 20.8 Å². The maximum Gasteiger partial charge on any atom is 0.409 e. The Hall–Kier alpha value is -1.67. The van der Waals surface area contributed by atoms with E-state index in [1.165, 1.54) is 4.90 Å². The summed E-state index contributed by atoms with van der Waals surface area (Å²) >= 11 is 0. The molecule has 1 saturated heterocycles. The van der Waals surface area contributed by atoms with Crippen LogP contribution in [0.25, 0.3) is 0 Å². The SMILES string of the molecule is CC(C)(C)OC(=O)NC(CC=O)(C(=O)O)N1CCOCC1. The van der Waals surface area contributed by atoms with E-state index in [1.807, 2.05) is 0 Å². The number of alkyl carbamates (subject to hydrolysis) is 1. The number of amides is 1. The lowest BCUT2D eigenvalue weighted by Crippen LogP contribution is -2.68. The molecule has 0 aliphatic carbocycles. The second-order valence-corrected chi connectivity index (χ2v) is 5.76. The average molecular weight is 302 g/mol. The molecule has 0 aromatic carbocycles. The number of carboxylic acid groups (broad SMARTS) is 1. The molecule has 21 heavy (non-hydrogen) atoms. The molecule has 0 spiro atoms. The zero-order valence-corrected chi connectivity index (χ0v) is 12.5. The number of ether oxygens (including phenoxy) is 2. The Bertz CT molecular complexity index is 400. The van der Waals surface area contributed by atoms with Crippen molar-refractivity contribution in [3.05, 3.63) is 0 Å². The Kier molecular flexibility index (Phi) is 5.68. The van der Waals surface area contributed by atoms with E-state index in [4.69, 9.17) is 9.47 Å². The van der Waals surface area contributed by atoms with Gasteiger partial charge in [0.2, 0.25) is 5.66 Å². The first-order valence-electron chi connectivity index (χ1n) is 6.72. The Morgan fingerprint density at radius 3 is 2.33 bits per heavy atom. The van der Waals surface area contributed by atoms with Gasteiger partial charge in [0.1, 0.15) is 11.9 Å². The molecule has 0 bridgehead atoms. The molecule has 1 heterocycles. The van der Waals surface area contributed by atoms with E-state index in [9.17, 15) is 19.5 Å². The normalized spacial score (nSPS) is 19.4. The Labute approximate surface area is 123 Å². The van der Waals surface area contributed by atoms with E-state index in [0.29, 0.717) is 32.6 Å². The van der Waals surface area contributed by atoms with Crippen molar-refractivity contribution in [3.63, 3.8) is 0 Å². The summed E-state index contributed by atoms with van der Waals surface area (Å²) in [7, 11) is 0. The lowest BCUT2D eigenvalue weighted by atomic mass is 10.0. The lowest BCUT2D eigenvalue weighted by molar-refractivity contribution is -0.159. The van der Waals surface area contributed by atoms with Gasteiger partial charge in [0, 0.05) is 13.1 Å². The van der Waals surface area contributed by atoms with Gasteiger partial charge in [0.05, 0.1) is 19.6 Å². The minimum atomic E-state index is -1.81. The Balaban J connectivity index is 2.96. The fraction of sp³-hybridized carbons (Fsp3) is 0.769. The van der Waals surface area contributed by atoms with Gasteiger partial charge >= 0.3 is 12.1 Å². The molecule has 1 rings (SSSR count). The minimum Gasteiger partial charge on any atom is -0.478 e. The molecule has 0 radical (unpaired) electrons. The maximum atomic E-state index is 11.9. The van der Waals surface area contributed by atoms with Crippen LogP contribution in [-0.4, -0.2) is 65.9 Å². The van der Waals surface area contributed by atoms with Crippen LogP contribution in [0.2, 0.25) is 0 Å². The third-order valence-corrected chi connectivity index (χ3v) is 2.99. The molecule has 0 saturated carbocycles. The van der Waals surface area contributed by atoms with Gasteiger partial charge in [0.15, 0.2) is 0 Å². The van der Waals surface area contributed by atoms with Crippen molar-refractivity contribution in [1.82, 2.24) is 10.2 Å². The van der Waals surface area contributed by atoms with E-state index in [-0.39, 0.29) is 6.42 Å². The van der Waals surface area contributed by atoms with Gasteiger partial charge < -0.3 is 19.4 Å². The lowest BCUT2D eigenvalue weighted by Gasteiger charge is -2.41. The van der Waals surface area contributed by atoms with Gasteiger partial charge in [-0.05, 0) is 20.8 Å². The van der Waals surface area contributed by atoms with E-state index < -0.39 is 23.3 Å². The van der Waals surface area contributed by atoms with E-state index in [2.05, 4.69) is 5.32 Å². The van der Waals surface area contributed by atoms with E-state index >= 15 is 0 Å². The van der Waals surface area contributed by atoms with Crippen molar-refractivity contribution in [2.75, 3.05) is 26.3 Å². The van der Waals surface area contributed by atoms with Gasteiger partial charge in [-0.2, -0.15) is 0 Å². The number of nitrogens with one attached hydrogen (secondary N) is 1. The van der Waals surface area contributed by atoms with Crippen molar-refractivity contribution in [3.8, 4) is 0 Å². The van der Waals surface area contributed by atoms with Crippen LogP contribution in [0, 0.1) is 0 Å². The highest BCUT2D eigenvalue weighted by Gasteiger charge is 2.47. The molecular formula is C13H22N2O6. The average Bonchev–Trinajstić information content (AvgIpc) is 2.36. The maximum absolute atomic E-state index is 11.9. The minimum absolute atomic E-state index is 0.302. The van der Waals surface area contributed by atoms with Crippen LogP contribution in [0.15, 0.2) is 0 Å². The first-order valence-corrected chi connectivity index (χ1v) is 6.72. The molecule has 120 valence electrons. The molecule has 2 N–H and O–H groups in total. The first kappa shape index (κ1) is 17.4. The molecule has 1 fully saturated rings. The van der Waals surface area contributed by atoms with Gasteiger partial charge in [-0.1, -0.05) is 0 Å². The van der Waals surface area contributed by atoms with Crippen LogP contribution in [0.3, 0.4) is 0 Å². The second-order valence-electron chi connectivity index (χ2n) is 5.76. The molecule has 8 nitrogen and oxygen atoms in total. The highest BCUT2D eigenvalue weighted by molar-refractivity contribution is 5.86. The van der Waals surface area contributed by atoms with E-state index in [0.717, 1.165) is 0 Å². The fourth-order valence-electron chi connectivity index (χ4n) is 2.07. The predicted octanol–water partition coefficient (Wildman–Crippen LogP) is 0.213. The summed E-state index contributed by atoms with van der Waals surface area (Å²) in [5, 5.41) is 11.9. The summed E-state index contributed by atoms with van der Waals surface area (Å²) in [6.45, 7) is 6.29.